The van der Waals surface area contributed by atoms with E-state index >= 15 is 0 Å². The van der Waals surface area contributed by atoms with Gasteiger partial charge in [0.05, 0.1) is 5.69 Å². The van der Waals surface area contributed by atoms with Gasteiger partial charge in [-0.1, -0.05) is 41.7 Å². The molecule has 0 bridgehead atoms. The van der Waals surface area contributed by atoms with E-state index in [9.17, 15) is 14.4 Å². The number of anilines is 1. The second kappa shape index (κ2) is 14.4. The predicted molar refractivity (Wildman–Crippen MR) is 155 cm³/mol. The zero-order chi connectivity index (χ0) is 29.1. The average Bonchev–Trinajstić information content (AvgIpc) is 3.31. The van der Waals surface area contributed by atoms with Crippen LogP contribution in [0.2, 0.25) is 0 Å². The number of pyridine rings is 1. The van der Waals surface area contributed by atoms with Gasteiger partial charge >= 0.3 is 12.2 Å². The highest BCUT2D eigenvalue weighted by Gasteiger charge is 2.29. The summed E-state index contributed by atoms with van der Waals surface area (Å²) in [6.45, 7) is 7.69. The van der Waals surface area contributed by atoms with Crippen molar-refractivity contribution in [2.24, 2.45) is 0 Å². The van der Waals surface area contributed by atoms with Gasteiger partial charge in [-0.3, -0.25) is 9.78 Å². The van der Waals surface area contributed by atoms with Crippen molar-refractivity contribution in [3.8, 4) is 10.6 Å². The number of carbonyl (C=O) groups excluding carboxylic acids is 3. The molecule has 10 nitrogen and oxygen atoms in total. The predicted octanol–water partition coefficient (Wildman–Crippen LogP) is 5.47. The number of aromatic nitrogens is 2. The Bertz CT molecular complexity index is 1260. The van der Waals surface area contributed by atoms with Gasteiger partial charge in [0.15, 0.2) is 0 Å². The molecular weight excluding hydrogens is 530 g/mol. The lowest BCUT2D eigenvalue weighted by Gasteiger charge is -2.26. The number of amides is 3. The molecule has 0 aliphatic carbocycles. The van der Waals surface area contributed by atoms with E-state index in [0.29, 0.717) is 36.5 Å². The van der Waals surface area contributed by atoms with Gasteiger partial charge in [-0.05, 0) is 64.7 Å². The summed E-state index contributed by atoms with van der Waals surface area (Å²) in [5, 5.41) is 6.89. The Hall–Kier alpha value is -3.99. The Kier molecular flexibility index (Phi) is 11.0. The number of hydrogen-bond donors (Lipinski definition) is 2. The number of nitrogens with one attached hydrogen (secondary N) is 2. The first-order valence-electron chi connectivity index (χ1n) is 13.1. The zero-order valence-corrected chi connectivity index (χ0v) is 24.4. The fraction of sp³-hybridized carbons (Fsp3) is 0.414. The number of hydrogen-bond acceptors (Lipinski definition) is 8. The summed E-state index contributed by atoms with van der Waals surface area (Å²) in [7, 11) is 1.67. The van der Waals surface area contributed by atoms with Crippen molar-refractivity contribution in [2.45, 2.75) is 65.2 Å². The molecule has 0 fully saturated rings. The number of carbonyl (C=O) groups is 3. The summed E-state index contributed by atoms with van der Waals surface area (Å²) in [6, 6.07) is 12.3. The van der Waals surface area contributed by atoms with E-state index in [2.05, 4.69) is 20.6 Å². The smallest absolute Gasteiger partial charge is 0.408 e. The highest BCUT2D eigenvalue weighted by Crippen LogP contribution is 2.34. The fourth-order valence-corrected chi connectivity index (χ4v) is 4.82. The van der Waals surface area contributed by atoms with Crippen molar-refractivity contribution in [3.05, 3.63) is 66.1 Å². The van der Waals surface area contributed by atoms with Crippen LogP contribution in [0.1, 0.15) is 51.3 Å². The highest BCUT2D eigenvalue weighted by atomic mass is 32.1. The maximum atomic E-state index is 13.6. The monoisotopic (exact) mass is 567 g/mol. The van der Waals surface area contributed by atoms with E-state index in [1.54, 1.807) is 40.2 Å². The maximum absolute atomic E-state index is 13.6. The number of ether oxygens (including phenoxy) is 2. The number of nitrogens with zero attached hydrogens (tertiary/aromatic N) is 3. The van der Waals surface area contributed by atoms with Crippen LogP contribution in [0.25, 0.3) is 10.6 Å². The number of unbranched alkanes of at least 4 members (excludes halogenated alkanes) is 1. The van der Waals surface area contributed by atoms with E-state index in [0.717, 1.165) is 16.1 Å². The topological polar surface area (TPSA) is 123 Å². The van der Waals surface area contributed by atoms with Gasteiger partial charge < -0.3 is 25.0 Å². The summed E-state index contributed by atoms with van der Waals surface area (Å²) in [4.78, 5) is 48.4. The van der Waals surface area contributed by atoms with Crippen LogP contribution in [0.15, 0.2) is 54.9 Å². The van der Waals surface area contributed by atoms with Crippen molar-refractivity contribution in [2.75, 3.05) is 18.5 Å². The first-order valence-corrected chi connectivity index (χ1v) is 13.9. The number of likely N-dealkylation sites (N-methyl/N-ethyl adjacent to an activating group) is 1. The molecule has 0 aliphatic rings. The number of aryl methyl sites for hydroxylation is 1. The molecule has 214 valence electrons. The third-order valence-corrected chi connectivity index (χ3v) is 6.99. The molecule has 40 heavy (non-hydrogen) atoms. The molecule has 0 spiro atoms. The number of alkyl carbamates (subject to hydrolysis) is 2. The lowest BCUT2D eigenvalue weighted by molar-refractivity contribution is -0.120. The second-order valence-electron chi connectivity index (χ2n) is 10.2. The Labute approximate surface area is 239 Å². The van der Waals surface area contributed by atoms with Crippen molar-refractivity contribution in [1.29, 1.82) is 0 Å². The summed E-state index contributed by atoms with van der Waals surface area (Å²) in [5.74, 6) is -0.287. The van der Waals surface area contributed by atoms with E-state index in [1.807, 2.05) is 49.4 Å². The van der Waals surface area contributed by atoms with Crippen LogP contribution in [0.5, 0.6) is 0 Å². The highest BCUT2D eigenvalue weighted by molar-refractivity contribution is 7.19. The fourth-order valence-electron chi connectivity index (χ4n) is 3.79. The Morgan fingerprint density at radius 2 is 1.80 bits per heavy atom. The van der Waals surface area contributed by atoms with E-state index in [4.69, 9.17) is 9.47 Å². The molecule has 1 unspecified atom stereocenters. The number of thiazole rings is 1. The largest absolute Gasteiger partial charge is 0.445 e. The molecule has 2 aromatic heterocycles. The van der Waals surface area contributed by atoms with Gasteiger partial charge in [-0.2, -0.15) is 0 Å². The van der Waals surface area contributed by atoms with Gasteiger partial charge in [-0.15, -0.1) is 0 Å². The molecule has 0 saturated carbocycles. The van der Waals surface area contributed by atoms with Crippen LogP contribution in [0.3, 0.4) is 0 Å². The molecule has 1 atom stereocenters. The van der Waals surface area contributed by atoms with Gasteiger partial charge in [0.2, 0.25) is 5.91 Å². The van der Waals surface area contributed by atoms with Crippen molar-refractivity contribution >= 4 is 34.4 Å². The third-order valence-electron chi connectivity index (χ3n) is 5.71. The Morgan fingerprint density at radius 1 is 1.05 bits per heavy atom. The van der Waals surface area contributed by atoms with Crippen molar-refractivity contribution in [3.63, 3.8) is 0 Å². The molecule has 0 aliphatic heterocycles. The molecule has 2 heterocycles. The van der Waals surface area contributed by atoms with Crippen LogP contribution in [0, 0.1) is 6.92 Å². The minimum absolute atomic E-state index is 0.189. The van der Waals surface area contributed by atoms with Crippen LogP contribution >= 0.6 is 11.3 Å². The van der Waals surface area contributed by atoms with Crippen molar-refractivity contribution in [1.82, 2.24) is 20.6 Å². The van der Waals surface area contributed by atoms with E-state index in [-0.39, 0.29) is 12.5 Å². The first kappa shape index (κ1) is 30.6. The molecule has 0 saturated heterocycles. The van der Waals surface area contributed by atoms with Gasteiger partial charge in [0.1, 0.15) is 28.3 Å². The molecule has 3 aromatic rings. The summed E-state index contributed by atoms with van der Waals surface area (Å²) in [5.41, 5.74) is 1.76. The minimum Gasteiger partial charge on any atom is -0.445 e. The SMILES string of the molecule is Cc1nc(-c2cccnc2)sc1N(C)C(=O)C(CCCCNC(=O)OCc1ccccc1)NC(=O)OC(C)(C)C. The van der Waals surface area contributed by atoms with Gasteiger partial charge in [0, 0.05) is 31.5 Å². The minimum atomic E-state index is -0.826. The summed E-state index contributed by atoms with van der Waals surface area (Å²) >= 11 is 1.38. The normalized spacial score (nSPS) is 11.8. The van der Waals surface area contributed by atoms with Crippen LogP contribution in [-0.4, -0.2) is 53.3 Å². The molecule has 11 heteroatoms. The van der Waals surface area contributed by atoms with E-state index in [1.165, 1.54) is 16.2 Å². The van der Waals surface area contributed by atoms with Crippen LogP contribution < -0.4 is 15.5 Å². The Morgan fingerprint density at radius 3 is 2.48 bits per heavy atom. The van der Waals surface area contributed by atoms with E-state index < -0.39 is 23.8 Å². The maximum Gasteiger partial charge on any atom is 0.408 e. The van der Waals surface area contributed by atoms with Crippen LogP contribution in [0.4, 0.5) is 14.6 Å². The lowest BCUT2D eigenvalue weighted by Crippen LogP contribution is -2.48. The quantitative estimate of drug-likeness (QED) is 0.295. The third kappa shape index (κ3) is 9.64. The average molecular weight is 568 g/mol. The first-order chi connectivity index (χ1) is 19.0. The van der Waals surface area contributed by atoms with Gasteiger partial charge in [0.25, 0.3) is 0 Å². The summed E-state index contributed by atoms with van der Waals surface area (Å²) in [6.07, 6.45) is 3.76. The molecule has 2 N–H and O–H groups in total. The number of benzene rings is 1. The molecule has 3 amide bonds. The van der Waals surface area contributed by atoms with Gasteiger partial charge in [-0.25, -0.2) is 14.6 Å². The molecule has 0 radical (unpaired) electrons. The zero-order valence-electron chi connectivity index (χ0n) is 23.6. The number of rotatable bonds is 11. The molecule has 1 aromatic carbocycles. The molecular formula is C29H37N5O5S. The lowest BCUT2D eigenvalue weighted by atomic mass is 10.1. The standard InChI is InChI=1S/C29H37N5O5S/c1-20-26(40-24(32-20)22-14-11-16-30-18-22)34(5)25(35)23(33-28(37)39-29(2,3)4)15-9-10-17-31-27(36)38-19-21-12-7-6-8-13-21/h6-8,11-14,16,18,23H,9-10,15,17,19H2,1-5H3,(H,31,36)(H,33,37). The molecule has 3 rings (SSSR count). The van der Waals surface area contributed by atoms with Crippen molar-refractivity contribution < 1.29 is 23.9 Å². The summed E-state index contributed by atoms with van der Waals surface area (Å²) < 4.78 is 10.6. The Balaban J connectivity index is 1.58. The second-order valence-corrected chi connectivity index (χ2v) is 11.2. The van der Waals surface area contributed by atoms with Crippen LogP contribution in [-0.2, 0) is 20.9 Å².